The van der Waals surface area contributed by atoms with Crippen molar-refractivity contribution in [2.24, 2.45) is 5.73 Å². The monoisotopic (exact) mass is 209 g/mol. The van der Waals surface area contributed by atoms with Crippen LogP contribution in [0.2, 0.25) is 0 Å². The summed E-state index contributed by atoms with van der Waals surface area (Å²) in [5, 5.41) is 0. The van der Waals surface area contributed by atoms with E-state index < -0.39 is 0 Å². The molecule has 4 heteroatoms. The van der Waals surface area contributed by atoms with Gasteiger partial charge in [0.05, 0.1) is 6.20 Å². The number of rotatable bonds is 4. The van der Waals surface area contributed by atoms with E-state index >= 15 is 0 Å². The van der Waals surface area contributed by atoms with Gasteiger partial charge in [-0.15, -0.1) is 0 Å². The van der Waals surface area contributed by atoms with Crippen LogP contribution in [0.15, 0.2) is 10.6 Å². The number of hydrogen-bond acceptors (Lipinski definition) is 4. The minimum atomic E-state index is 0.483. The van der Waals surface area contributed by atoms with E-state index in [1.807, 2.05) is 6.20 Å². The van der Waals surface area contributed by atoms with Crippen LogP contribution in [0.3, 0.4) is 0 Å². The van der Waals surface area contributed by atoms with Crippen molar-refractivity contribution in [2.45, 2.75) is 25.7 Å². The van der Waals surface area contributed by atoms with E-state index in [1.54, 1.807) is 0 Å². The van der Waals surface area contributed by atoms with Gasteiger partial charge in [0.25, 0.3) is 0 Å². The van der Waals surface area contributed by atoms with Crippen LogP contribution in [0.5, 0.6) is 0 Å². The third-order valence-corrected chi connectivity index (χ3v) is 3.03. The number of likely N-dealkylation sites (N-methyl/N-ethyl adjacent to an activating group) is 1. The Morgan fingerprint density at radius 1 is 1.67 bits per heavy atom. The Morgan fingerprint density at radius 3 is 3.20 bits per heavy atom. The maximum Gasteiger partial charge on any atom is 0.198 e. The molecular formula is C11H19N3O. The highest BCUT2D eigenvalue weighted by atomic mass is 16.4. The summed E-state index contributed by atoms with van der Waals surface area (Å²) in [6, 6.07) is 0. The number of nitrogens with zero attached hydrogens (tertiary/aromatic N) is 2. The molecular weight excluding hydrogens is 190 g/mol. The fourth-order valence-corrected chi connectivity index (χ4v) is 2.09. The third-order valence-electron chi connectivity index (χ3n) is 3.03. The lowest BCUT2D eigenvalue weighted by atomic mass is 10.1. The Kier molecular flexibility index (Phi) is 3.38. The predicted molar refractivity (Wildman–Crippen MR) is 58.7 cm³/mol. The molecule has 0 saturated carbocycles. The SMILES string of the molecule is CCN1CCC(c2ncc(CCN)o2)C1. The smallest absolute Gasteiger partial charge is 0.198 e. The van der Waals surface area contributed by atoms with Crippen LogP contribution in [0.1, 0.15) is 30.9 Å². The molecule has 1 unspecified atom stereocenters. The molecule has 1 atom stereocenters. The third kappa shape index (κ3) is 2.38. The van der Waals surface area contributed by atoms with Crippen LogP contribution in [0.25, 0.3) is 0 Å². The number of likely N-dealkylation sites (tertiary alicyclic amines) is 1. The Bertz CT molecular complexity index is 311. The maximum atomic E-state index is 5.68. The molecule has 0 radical (unpaired) electrons. The van der Waals surface area contributed by atoms with Crippen LogP contribution >= 0.6 is 0 Å². The van der Waals surface area contributed by atoms with Crippen molar-refractivity contribution in [1.29, 1.82) is 0 Å². The molecule has 2 heterocycles. The van der Waals surface area contributed by atoms with Crippen LogP contribution in [-0.4, -0.2) is 36.1 Å². The molecule has 0 aromatic carbocycles. The van der Waals surface area contributed by atoms with Gasteiger partial charge in [-0.25, -0.2) is 4.98 Å². The average Bonchev–Trinajstić information content (AvgIpc) is 2.85. The van der Waals surface area contributed by atoms with Crippen molar-refractivity contribution in [3.05, 3.63) is 17.8 Å². The molecule has 1 aromatic heterocycles. The minimum Gasteiger partial charge on any atom is -0.445 e. The topological polar surface area (TPSA) is 55.3 Å². The molecule has 1 aromatic rings. The van der Waals surface area contributed by atoms with Crippen molar-refractivity contribution in [1.82, 2.24) is 9.88 Å². The highest BCUT2D eigenvalue weighted by molar-refractivity contribution is 5.02. The number of oxazole rings is 1. The first-order valence-electron chi connectivity index (χ1n) is 5.70. The van der Waals surface area contributed by atoms with Crippen molar-refractivity contribution in [3.63, 3.8) is 0 Å². The summed E-state index contributed by atoms with van der Waals surface area (Å²) in [4.78, 5) is 6.76. The van der Waals surface area contributed by atoms with Crippen LogP contribution in [0, 0.1) is 0 Å². The van der Waals surface area contributed by atoms with Crippen molar-refractivity contribution in [3.8, 4) is 0 Å². The van der Waals surface area contributed by atoms with Gasteiger partial charge in [-0.2, -0.15) is 0 Å². The summed E-state index contributed by atoms with van der Waals surface area (Å²) in [6.07, 6.45) is 3.77. The zero-order valence-electron chi connectivity index (χ0n) is 9.28. The van der Waals surface area contributed by atoms with Gasteiger partial charge in [-0.1, -0.05) is 6.92 Å². The van der Waals surface area contributed by atoms with E-state index in [0.717, 1.165) is 44.1 Å². The minimum absolute atomic E-state index is 0.483. The fourth-order valence-electron chi connectivity index (χ4n) is 2.09. The zero-order valence-corrected chi connectivity index (χ0v) is 9.28. The summed E-state index contributed by atoms with van der Waals surface area (Å²) in [6.45, 7) is 6.18. The molecule has 0 bridgehead atoms. The lowest BCUT2D eigenvalue weighted by molar-refractivity contribution is 0.342. The van der Waals surface area contributed by atoms with Gasteiger partial charge in [0.15, 0.2) is 5.89 Å². The number of hydrogen-bond donors (Lipinski definition) is 1. The highest BCUT2D eigenvalue weighted by Crippen LogP contribution is 2.26. The standard InChI is InChI=1S/C11H19N3O/c1-2-14-6-4-9(8-14)11-13-7-10(15-11)3-5-12/h7,9H,2-6,8,12H2,1H3. The van der Waals surface area contributed by atoms with Crippen LogP contribution in [-0.2, 0) is 6.42 Å². The Balaban J connectivity index is 1.97. The van der Waals surface area contributed by atoms with Crippen molar-refractivity contribution < 1.29 is 4.42 Å². The predicted octanol–water partition coefficient (Wildman–Crippen LogP) is 0.985. The molecule has 1 aliphatic rings. The van der Waals surface area contributed by atoms with Gasteiger partial charge in [-0.05, 0) is 26.1 Å². The molecule has 4 nitrogen and oxygen atoms in total. The molecule has 2 rings (SSSR count). The van der Waals surface area contributed by atoms with Gasteiger partial charge in [-0.3, -0.25) is 0 Å². The first kappa shape index (κ1) is 10.6. The molecule has 15 heavy (non-hydrogen) atoms. The molecule has 0 spiro atoms. The van der Waals surface area contributed by atoms with E-state index in [2.05, 4.69) is 16.8 Å². The maximum absolute atomic E-state index is 5.68. The Labute approximate surface area is 90.5 Å². The number of aromatic nitrogens is 1. The fraction of sp³-hybridized carbons (Fsp3) is 0.727. The Hall–Kier alpha value is -0.870. The summed E-state index contributed by atoms with van der Waals surface area (Å²) < 4.78 is 5.68. The van der Waals surface area contributed by atoms with Crippen molar-refractivity contribution >= 4 is 0 Å². The van der Waals surface area contributed by atoms with Gasteiger partial charge >= 0.3 is 0 Å². The second-order valence-corrected chi connectivity index (χ2v) is 4.08. The average molecular weight is 209 g/mol. The quantitative estimate of drug-likeness (QED) is 0.803. The summed E-state index contributed by atoms with van der Waals surface area (Å²) >= 11 is 0. The number of nitrogens with two attached hydrogens (primary N) is 1. The van der Waals surface area contributed by atoms with Gasteiger partial charge < -0.3 is 15.1 Å². The molecule has 84 valence electrons. The van der Waals surface area contributed by atoms with E-state index in [0.29, 0.717) is 12.5 Å². The molecule has 1 aliphatic heterocycles. The first-order valence-corrected chi connectivity index (χ1v) is 5.70. The van der Waals surface area contributed by atoms with E-state index in [-0.39, 0.29) is 0 Å². The molecule has 1 saturated heterocycles. The van der Waals surface area contributed by atoms with Crippen LogP contribution < -0.4 is 5.73 Å². The zero-order chi connectivity index (χ0) is 10.7. The largest absolute Gasteiger partial charge is 0.445 e. The van der Waals surface area contributed by atoms with Gasteiger partial charge in [0.2, 0.25) is 0 Å². The summed E-state index contributed by atoms with van der Waals surface area (Å²) in [5.41, 5.74) is 5.47. The lowest BCUT2D eigenvalue weighted by Crippen LogP contribution is -2.19. The lowest BCUT2D eigenvalue weighted by Gasteiger charge is -2.10. The van der Waals surface area contributed by atoms with E-state index in [9.17, 15) is 0 Å². The molecule has 0 amide bonds. The molecule has 1 fully saturated rings. The Morgan fingerprint density at radius 2 is 2.53 bits per heavy atom. The van der Waals surface area contributed by atoms with Gasteiger partial charge in [0.1, 0.15) is 5.76 Å². The normalized spacial score (nSPS) is 22.4. The van der Waals surface area contributed by atoms with E-state index in [4.69, 9.17) is 10.2 Å². The summed E-state index contributed by atoms with van der Waals surface area (Å²) in [7, 11) is 0. The van der Waals surface area contributed by atoms with E-state index in [1.165, 1.54) is 0 Å². The summed E-state index contributed by atoms with van der Waals surface area (Å²) in [5.74, 6) is 2.30. The molecule has 2 N–H and O–H groups in total. The van der Waals surface area contributed by atoms with Crippen LogP contribution in [0.4, 0.5) is 0 Å². The second kappa shape index (κ2) is 4.77. The van der Waals surface area contributed by atoms with Crippen molar-refractivity contribution in [2.75, 3.05) is 26.2 Å². The first-order chi connectivity index (χ1) is 7.33. The second-order valence-electron chi connectivity index (χ2n) is 4.08. The molecule has 0 aliphatic carbocycles. The van der Waals surface area contributed by atoms with Gasteiger partial charge in [0, 0.05) is 18.9 Å². The highest BCUT2D eigenvalue weighted by Gasteiger charge is 2.26.